The fraction of sp³-hybridized carbons (Fsp3) is 0.367. The average Bonchev–Trinajstić information content (AvgIpc) is 3.45. The molecule has 10 nitrogen and oxygen atoms in total. The average molecular weight is 576 g/mol. The zero-order chi connectivity index (χ0) is 28.9. The molecule has 0 radical (unpaired) electrons. The van der Waals surface area contributed by atoms with Crippen molar-refractivity contribution in [3.63, 3.8) is 0 Å². The Morgan fingerprint density at radius 3 is 2.33 bits per heavy atom. The number of hydrogen-bond acceptors (Lipinski definition) is 8. The molecular weight excluding hydrogens is 544 g/mol. The third-order valence-corrected chi connectivity index (χ3v) is 7.44. The highest BCUT2D eigenvalue weighted by Crippen LogP contribution is 2.24. The van der Waals surface area contributed by atoms with E-state index in [1.165, 1.54) is 35.3 Å². The van der Waals surface area contributed by atoms with Gasteiger partial charge < -0.3 is 19.3 Å². The number of nitrogens with zero attached hydrogens (tertiary/aromatic N) is 7. The number of halogens is 2. The number of amides is 1. The molecule has 4 aromatic rings. The van der Waals surface area contributed by atoms with E-state index in [4.69, 9.17) is 9.47 Å². The second-order valence-corrected chi connectivity index (χ2v) is 10.3. The Kier molecular flexibility index (Phi) is 8.31. The monoisotopic (exact) mass is 575 g/mol. The normalized spacial score (nSPS) is 17.3. The van der Waals surface area contributed by atoms with E-state index in [0.29, 0.717) is 61.4 Å². The van der Waals surface area contributed by atoms with E-state index in [1.54, 1.807) is 29.2 Å². The number of benzene rings is 2. The number of carbonyl (C=O) groups is 1. The van der Waals surface area contributed by atoms with Crippen LogP contribution in [0, 0.1) is 11.6 Å². The quantitative estimate of drug-likeness (QED) is 0.311. The first-order valence-electron chi connectivity index (χ1n) is 14.1. The SMILES string of the molecule is O=C(Cn1nc(-c2ccc(F)cc2)nc1-c1ccc(F)cc1)N1CCN(c2cc(OCC3CCCCO3)ncn2)CC1. The van der Waals surface area contributed by atoms with Crippen LogP contribution in [0.2, 0.25) is 0 Å². The van der Waals surface area contributed by atoms with Crippen LogP contribution in [-0.2, 0) is 16.1 Å². The summed E-state index contributed by atoms with van der Waals surface area (Å²) in [6, 6.07) is 13.5. The second-order valence-electron chi connectivity index (χ2n) is 10.3. The van der Waals surface area contributed by atoms with Gasteiger partial charge in [-0.2, -0.15) is 0 Å². The largest absolute Gasteiger partial charge is 0.475 e. The smallest absolute Gasteiger partial charge is 0.244 e. The highest BCUT2D eigenvalue weighted by Gasteiger charge is 2.25. The van der Waals surface area contributed by atoms with Crippen LogP contribution in [0.15, 0.2) is 60.9 Å². The Morgan fingerprint density at radius 2 is 1.64 bits per heavy atom. The van der Waals surface area contributed by atoms with Crippen molar-refractivity contribution < 1.29 is 23.0 Å². The van der Waals surface area contributed by atoms with Crippen molar-refractivity contribution in [1.29, 1.82) is 0 Å². The van der Waals surface area contributed by atoms with E-state index in [9.17, 15) is 13.6 Å². The number of hydrogen-bond donors (Lipinski definition) is 0. The van der Waals surface area contributed by atoms with Crippen molar-refractivity contribution in [2.75, 3.05) is 44.3 Å². The van der Waals surface area contributed by atoms with E-state index < -0.39 is 0 Å². The molecule has 2 aliphatic heterocycles. The minimum Gasteiger partial charge on any atom is -0.475 e. The molecule has 0 bridgehead atoms. The molecule has 0 aliphatic carbocycles. The van der Waals surface area contributed by atoms with Crippen LogP contribution >= 0.6 is 0 Å². The molecule has 6 rings (SSSR count). The zero-order valence-electron chi connectivity index (χ0n) is 23.0. The van der Waals surface area contributed by atoms with Gasteiger partial charge in [-0.1, -0.05) is 0 Å². The summed E-state index contributed by atoms with van der Waals surface area (Å²) in [6.45, 7) is 3.37. The maximum atomic E-state index is 13.6. The van der Waals surface area contributed by atoms with Gasteiger partial charge >= 0.3 is 0 Å². The van der Waals surface area contributed by atoms with Crippen molar-refractivity contribution in [3.05, 3.63) is 72.6 Å². The van der Waals surface area contributed by atoms with E-state index in [2.05, 4.69) is 25.0 Å². The summed E-state index contributed by atoms with van der Waals surface area (Å²) in [4.78, 5) is 30.5. The van der Waals surface area contributed by atoms with Gasteiger partial charge in [0, 0.05) is 50.0 Å². The number of rotatable bonds is 8. The molecule has 1 atom stereocenters. The molecular formula is C30H31F2N7O3. The van der Waals surface area contributed by atoms with Crippen LogP contribution in [0.4, 0.5) is 14.6 Å². The highest BCUT2D eigenvalue weighted by atomic mass is 19.1. The minimum absolute atomic E-state index is 0.0460. The van der Waals surface area contributed by atoms with E-state index in [0.717, 1.165) is 31.7 Å². The van der Waals surface area contributed by atoms with Gasteiger partial charge in [0.2, 0.25) is 11.8 Å². The number of carbonyl (C=O) groups excluding carboxylic acids is 1. The molecule has 1 amide bonds. The third-order valence-electron chi connectivity index (χ3n) is 7.44. The summed E-state index contributed by atoms with van der Waals surface area (Å²) >= 11 is 0. The Labute approximate surface area is 241 Å². The predicted molar refractivity (Wildman–Crippen MR) is 151 cm³/mol. The second kappa shape index (κ2) is 12.6. The van der Waals surface area contributed by atoms with Crippen molar-refractivity contribution in [1.82, 2.24) is 29.6 Å². The first kappa shape index (κ1) is 27.7. The fourth-order valence-electron chi connectivity index (χ4n) is 5.10. The molecule has 42 heavy (non-hydrogen) atoms. The standard InChI is InChI=1S/C30H31F2N7O3/c31-23-8-4-21(5-9-23)29-35-30(22-6-10-24(32)11-7-22)39(36-29)18-28(40)38-14-12-37(13-15-38)26-17-27(34-20-33-26)42-19-25-3-1-2-16-41-25/h4-11,17,20,25H,1-3,12-16,18-19H2. The summed E-state index contributed by atoms with van der Waals surface area (Å²) in [6.07, 6.45) is 4.80. The molecule has 2 aromatic heterocycles. The van der Waals surface area contributed by atoms with Crippen LogP contribution in [-0.4, -0.2) is 81.0 Å². The molecule has 1 unspecified atom stereocenters. The van der Waals surface area contributed by atoms with Gasteiger partial charge in [0.15, 0.2) is 11.6 Å². The minimum atomic E-state index is -0.377. The summed E-state index contributed by atoms with van der Waals surface area (Å²) in [7, 11) is 0. The van der Waals surface area contributed by atoms with Gasteiger partial charge in [0.25, 0.3) is 0 Å². The zero-order valence-corrected chi connectivity index (χ0v) is 23.0. The molecule has 0 N–H and O–H groups in total. The van der Waals surface area contributed by atoms with Crippen LogP contribution in [0.1, 0.15) is 19.3 Å². The Morgan fingerprint density at radius 1 is 0.929 bits per heavy atom. The molecule has 2 aromatic carbocycles. The molecule has 0 saturated carbocycles. The van der Waals surface area contributed by atoms with Gasteiger partial charge in [0.1, 0.15) is 36.9 Å². The molecule has 4 heterocycles. The Hall–Kier alpha value is -4.45. The van der Waals surface area contributed by atoms with Crippen molar-refractivity contribution in [2.24, 2.45) is 0 Å². The van der Waals surface area contributed by atoms with Crippen LogP contribution < -0.4 is 9.64 Å². The van der Waals surface area contributed by atoms with Gasteiger partial charge in [-0.3, -0.25) is 4.79 Å². The number of ether oxygens (including phenoxy) is 2. The number of piperazine rings is 1. The van der Waals surface area contributed by atoms with Crippen LogP contribution in [0.25, 0.3) is 22.8 Å². The van der Waals surface area contributed by atoms with E-state index in [1.807, 2.05) is 6.07 Å². The number of aromatic nitrogens is 5. The topological polar surface area (TPSA) is 98.5 Å². The summed E-state index contributed by atoms with van der Waals surface area (Å²) in [5, 5.41) is 4.56. The van der Waals surface area contributed by atoms with Gasteiger partial charge in [-0.25, -0.2) is 28.4 Å². The molecule has 12 heteroatoms. The lowest BCUT2D eigenvalue weighted by Crippen LogP contribution is -2.50. The first-order chi connectivity index (χ1) is 20.5. The lowest BCUT2D eigenvalue weighted by molar-refractivity contribution is -0.132. The third kappa shape index (κ3) is 6.54. The molecule has 2 fully saturated rings. The Balaban J connectivity index is 1.11. The van der Waals surface area contributed by atoms with Crippen molar-refractivity contribution in [2.45, 2.75) is 31.9 Å². The summed E-state index contributed by atoms with van der Waals surface area (Å²) < 4.78 is 40.2. The fourth-order valence-corrected chi connectivity index (χ4v) is 5.10. The maximum absolute atomic E-state index is 13.6. The lowest BCUT2D eigenvalue weighted by atomic mass is 10.1. The molecule has 2 saturated heterocycles. The van der Waals surface area contributed by atoms with Crippen molar-refractivity contribution in [3.8, 4) is 28.7 Å². The predicted octanol–water partition coefficient (Wildman–Crippen LogP) is 3.98. The molecule has 218 valence electrons. The van der Waals surface area contributed by atoms with Gasteiger partial charge in [-0.15, -0.1) is 5.10 Å². The summed E-state index contributed by atoms with van der Waals surface area (Å²) in [5.74, 6) is 1.16. The van der Waals surface area contributed by atoms with Crippen LogP contribution in [0.5, 0.6) is 5.88 Å². The molecule has 0 spiro atoms. The van der Waals surface area contributed by atoms with Gasteiger partial charge in [-0.05, 0) is 67.8 Å². The van der Waals surface area contributed by atoms with Crippen molar-refractivity contribution >= 4 is 11.7 Å². The van der Waals surface area contributed by atoms with E-state index >= 15 is 0 Å². The lowest BCUT2D eigenvalue weighted by Gasteiger charge is -2.35. The maximum Gasteiger partial charge on any atom is 0.244 e. The first-order valence-corrected chi connectivity index (χ1v) is 14.1. The van der Waals surface area contributed by atoms with Gasteiger partial charge in [0.05, 0.1) is 6.10 Å². The summed E-state index contributed by atoms with van der Waals surface area (Å²) in [5.41, 5.74) is 1.23. The number of anilines is 1. The van der Waals surface area contributed by atoms with E-state index in [-0.39, 0.29) is 30.2 Å². The van der Waals surface area contributed by atoms with Crippen LogP contribution in [0.3, 0.4) is 0 Å². The highest BCUT2D eigenvalue weighted by molar-refractivity contribution is 5.77. The Bertz CT molecular complexity index is 1500. The molecule has 2 aliphatic rings.